The lowest BCUT2D eigenvalue weighted by molar-refractivity contribution is 0.255. The molecular weight excluding hydrogens is 254 g/mol. The fraction of sp³-hybridized carbons (Fsp3) is 0.400. The summed E-state index contributed by atoms with van der Waals surface area (Å²) in [4.78, 5) is 2.43. The summed E-state index contributed by atoms with van der Waals surface area (Å²) in [6, 6.07) is 19.8. The number of rotatable bonds is 2. The largest absolute Gasteiger partial charge is 0.306 e. The van der Waals surface area contributed by atoms with Crippen LogP contribution < -0.4 is 0 Å². The van der Waals surface area contributed by atoms with Crippen LogP contribution in [0.2, 0.25) is 0 Å². The Labute approximate surface area is 129 Å². The molecule has 1 aliphatic heterocycles. The molecule has 1 heteroatoms. The molecule has 0 radical (unpaired) electrons. The number of benzene rings is 2. The van der Waals surface area contributed by atoms with E-state index in [0.29, 0.717) is 0 Å². The van der Waals surface area contributed by atoms with Gasteiger partial charge in [0.25, 0.3) is 0 Å². The first-order chi connectivity index (χ1) is 10.3. The predicted molar refractivity (Wildman–Crippen MR) is 92.7 cm³/mol. The fourth-order valence-corrected chi connectivity index (χ4v) is 2.92. The highest BCUT2D eigenvalue weighted by atomic mass is 15.1. The van der Waals surface area contributed by atoms with E-state index in [1.807, 2.05) is 13.8 Å². The Kier molecular flexibility index (Phi) is 6.01. The molecule has 2 aromatic rings. The highest BCUT2D eigenvalue weighted by Gasteiger charge is 2.17. The summed E-state index contributed by atoms with van der Waals surface area (Å²) in [6.45, 7) is 6.45. The smallest absolute Gasteiger partial charge is 0.00159 e. The topological polar surface area (TPSA) is 3.24 Å². The van der Waals surface area contributed by atoms with Gasteiger partial charge in [0.05, 0.1) is 0 Å². The minimum Gasteiger partial charge on any atom is -0.306 e. The molecule has 1 aliphatic rings. The van der Waals surface area contributed by atoms with Gasteiger partial charge >= 0.3 is 0 Å². The highest BCUT2D eigenvalue weighted by Crippen LogP contribution is 2.29. The van der Waals surface area contributed by atoms with Crippen molar-refractivity contribution in [2.45, 2.75) is 32.6 Å². The lowest BCUT2D eigenvalue weighted by Crippen LogP contribution is -2.29. The number of hydrogen-bond acceptors (Lipinski definition) is 1. The van der Waals surface area contributed by atoms with E-state index in [4.69, 9.17) is 0 Å². The minimum atomic E-state index is 0.751. The Bertz CT molecular complexity index is 507. The van der Waals surface area contributed by atoms with Gasteiger partial charge in [-0.3, -0.25) is 0 Å². The molecule has 0 amide bonds. The van der Waals surface area contributed by atoms with Crippen LogP contribution in [0.1, 0.15) is 38.2 Å². The van der Waals surface area contributed by atoms with E-state index in [2.05, 4.69) is 66.5 Å². The molecule has 0 unspecified atom stereocenters. The van der Waals surface area contributed by atoms with Crippen LogP contribution in [0.25, 0.3) is 11.1 Å². The molecule has 0 spiro atoms. The first kappa shape index (κ1) is 15.8. The molecule has 21 heavy (non-hydrogen) atoms. The van der Waals surface area contributed by atoms with Gasteiger partial charge in [-0.2, -0.15) is 0 Å². The number of nitrogens with zero attached hydrogens (tertiary/aromatic N) is 1. The first-order valence-electron chi connectivity index (χ1n) is 8.17. The van der Waals surface area contributed by atoms with Crippen LogP contribution in [0, 0.1) is 0 Å². The molecule has 1 fully saturated rings. The quantitative estimate of drug-likeness (QED) is 0.732. The van der Waals surface area contributed by atoms with E-state index in [0.717, 1.165) is 5.92 Å². The van der Waals surface area contributed by atoms with Gasteiger partial charge in [-0.05, 0) is 55.6 Å². The molecular formula is C20H27N. The molecule has 0 saturated carbocycles. The lowest BCUT2D eigenvalue weighted by atomic mass is 9.89. The van der Waals surface area contributed by atoms with E-state index in [1.165, 1.54) is 42.6 Å². The highest BCUT2D eigenvalue weighted by molar-refractivity contribution is 5.63. The molecule has 1 saturated heterocycles. The van der Waals surface area contributed by atoms with E-state index in [1.54, 1.807) is 0 Å². The SMILES string of the molecule is CC.CN1CCC(c2ccc(-c3ccccc3)cc2)CC1. The van der Waals surface area contributed by atoms with Crippen LogP contribution >= 0.6 is 0 Å². The zero-order chi connectivity index (χ0) is 15.1. The van der Waals surface area contributed by atoms with Crippen LogP contribution in [0.3, 0.4) is 0 Å². The Hall–Kier alpha value is -1.60. The molecule has 0 aromatic heterocycles. The first-order valence-corrected chi connectivity index (χ1v) is 8.17. The summed E-state index contributed by atoms with van der Waals surface area (Å²) in [7, 11) is 2.22. The van der Waals surface area contributed by atoms with Gasteiger partial charge in [0.1, 0.15) is 0 Å². The van der Waals surface area contributed by atoms with Gasteiger partial charge in [-0.1, -0.05) is 68.4 Å². The summed E-state index contributed by atoms with van der Waals surface area (Å²) in [5.41, 5.74) is 4.13. The van der Waals surface area contributed by atoms with Crippen molar-refractivity contribution in [1.29, 1.82) is 0 Å². The number of hydrogen-bond donors (Lipinski definition) is 0. The predicted octanol–water partition coefficient (Wildman–Crippen LogP) is 5.19. The second kappa shape index (κ2) is 7.99. The molecule has 2 aromatic carbocycles. The Morgan fingerprint density at radius 3 is 1.86 bits per heavy atom. The van der Waals surface area contributed by atoms with E-state index in [-0.39, 0.29) is 0 Å². The zero-order valence-electron chi connectivity index (χ0n) is 13.5. The van der Waals surface area contributed by atoms with Gasteiger partial charge in [-0.25, -0.2) is 0 Å². The Morgan fingerprint density at radius 1 is 0.762 bits per heavy atom. The summed E-state index contributed by atoms with van der Waals surface area (Å²) < 4.78 is 0. The van der Waals surface area contributed by atoms with Crippen molar-refractivity contribution in [1.82, 2.24) is 4.90 Å². The number of likely N-dealkylation sites (tertiary alicyclic amines) is 1. The molecule has 0 N–H and O–H groups in total. The zero-order valence-corrected chi connectivity index (χ0v) is 13.5. The van der Waals surface area contributed by atoms with Crippen molar-refractivity contribution >= 4 is 0 Å². The van der Waals surface area contributed by atoms with Gasteiger partial charge in [0, 0.05) is 0 Å². The van der Waals surface area contributed by atoms with Crippen LogP contribution in [0.5, 0.6) is 0 Å². The van der Waals surface area contributed by atoms with Gasteiger partial charge in [0.2, 0.25) is 0 Å². The fourth-order valence-electron chi connectivity index (χ4n) is 2.92. The third-order valence-electron chi connectivity index (χ3n) is 4.21. The minimum absolute atomic E-state index is 0.751. The van der Waals surface area contributed by atoms with E-state index in [9.17, 15) is 0 Å². The summed E-state index contributed by atoms with van der Waals surface area (Å²) in [5, 5.41) is 0. The van der Waals surface area contributed by atoms with Gasteiger partial charge < -0.3 is 4.90 Å². The van der Waals surface area contributed by atoms with Crippen molar-refractivity contribution in [3.8, 4) is 11.1 Å². The van der Waals surface area contributed by atoms with Crippen LogP contribution in [-0.4, -0.2) is 25.0 Å². The molecule has 0 aliphatic carbocycles. The Morgan fingerprint density at radius 2 is 1.29 bits per heavy atom. The molecule has 0 bridgehead atoms. The van der Waals surface area contributed by atoms with Crippen molar-refractivity contribution in [2.24, 2.45) is 0 Å². The summed E-state index contributed by atoms with van der Waals surface area (Å²) >= 11 is 0. The lowest BCUT2D eigenvalue weighted by Gasteiger charge is -2.29. The maximum Gasteiger partial charge on any atom is -0.00159 e. The standard InChI is InChI=1S/C18H21N.C2H6/c1-19-13-11-18(12-14-19)17-9-7-16(8-10-17)15-5-3-2-4-6-15;1-2/h2-10,18H,11-14H2,1H3;1-2H3. The van der Waals surface area contributed by atoms with Crippen molar-refractivity contribution in [2.75, 3.05) is 20.1 Å². The maximum absolute atomic E-state index is 2.43. The summed E-state index contributed by atoms with van der Waals surface area (Å²) in [5.74, 6) is 0.751. The third-order valence-corrected chi connectivity index (χ3v) is 4.21. The average Bonchev–Trinajstić information content (AvgIpc) is 2.58. The maximum atomic E-state index is 2.43. The van der Waals surface area contributed by atoms with Crippen molar-refractivity contribution in [3.63, 3.8) is 0 Å². The third kappa shape index (κ3) is 4.18. The van der Waals surface area contributed by atoms with Gasteiger partial charge in [0.15, 0.2) is 0 Å². The van der Waals surface area contributed by atoms with Crippen LogP contribution in [0.15, 0.2) is 54.6 Å². The normalized spacial score (nSPS) is 16.1. The van der Waals surface area contributed by atoms with Gasteiger partial charge in [-0.15, -0.1) is 0 Å². The average molecular weight is 281 g/mol. The molecule has 3 rings (SSSR count). The number of piperidine rings is 1. The van der Waals surface area contributed by atoms with E-state index < -0.39 is 0 Å². The molecule has 1 heterocycles. The molecule has 0 atom stereocenters. The van der Waals surface area contributed by atoms with E-state index >= 15 is 0 Å². The van der Waals surface area contributed by atoms with Crippen LogP contribution in [-0.2, 0) is 0 Å². The molecule has 112 valence electrons. The molecule has 1 nitrogen and oxygen atoms in total. The Balaban J connectivity index is 0.000000774. The van der Waals surface area contributed by atoms with Crippen molar-refractivity contribution in [3.05, 3.63) is 60.2 Å². The second-order valence-electron chi connectivity index (χ2n) is 5.57. The monoisotopic (exact) mass is 281 g/mol. The van der Waals surface area contributed by atoms with Crippen molar-refractivity contribution < 1.29 is 0 Å². The second-order valence-corrected chi connectivity index (χ2v) is 5.57. The summed E-state index contributed by atoms with van der Waals surface area (Å²) in [6.07, 6.45) is 2.59. The van der Waals surface area contributed by atoms with Crippen LogP contribution in [0.4, 0.5) is 0 Å².